The number of nitrogens with zero attached hydrogens (tertiary/aromatic N) is 2. The molecular formula is C18H17ClN4O4S. The molecule has 0 saturated heterocycles. The van der Waals surface area contributed by atoms with Gasteiger partial charge in [0.1, 0.15) is 10.7 Å². The fourth-order valence-corrected chi connectivity index (χ4v) is 3.19. The molecule has 8 nitrogen and oxygen atoms in total. The van der Waals surface area contributed by atoms with Crippen molar-refractivity contribution < 1.29 is 19.1 Å². The van der Waals surface area contributed by atoms with Crippen LogP contribution in [0, 0.1) is 0 Å². The zero-order valence-electron chi connectivity index (χ0n) is 15.3. The van der Waals surface area contributed by atoms with Crippen molar-refractivity contribution in [3.05, 3.63) is 46.2 Å². The molecule has 146 valence electrons. The van der Waals surface area contributed by atoms with E-state index in [1.165, 1.54) is 30.7 Å². The van der Waals surface area contributed by atoms with Crippen LogP contribution in [0.4, 0.5) is 5.13 Å². The number of H-pyrrole nitrogens is 1. The number of carbonyl (C=O) groups excluding carboxylic acids is 2. The molecule has 0 aromatic carbocycles. The number of esters is 1. The van der Waals surface area contributed by atoms with Gasteiger partial charge in [0.25, 0.3) is 5.91 Å². The van der Waals surface area contributed by atoms with Gasteiger partial charge in [-0.25, -0.2) is 14.8 Å². The number of methoxy groups -OCH3 is 1. The van der Waals surface area contributed by atoms with Crippen LogP contribution in [0.25, 0.3) is 11.3 Å². The standard InChI is InChI=1S/C18H17ClN4O4S/c1-9(2)27-16-12(19)4-11(7-21-16)15(24)23-18-22-14(8-28-18)10-5-13(20-6-10)17(25)26-3/h4-9,20H,1-3H3,(H,22,23,24). The van der Waals surface area contributed by atoms with Crippen LogP contribution in [-0.4, -0.2) is 40.0 Å². The van der Waals surface area contributed by atoms with Crippen LogP contribution in [0.15, 0.2) is 29.9 Å². The normalized spacial score (nSPS) is 10.8. The van der Waals surface area contributed by atoms with E-state index in [0.717, 1.165) is 0 Å². The molecule has 0 saturated carbocycles. The van der Waals surface area contributed by atoms with Crippen LogP contribution >= 0.6 is 22.9 Å². The fourth-order valence-electron chi connectivity index (χ4n) is 2.26. The molecular weight excluding hydrogens is 404 g/mol. The van der Waals surface area contributed by atoms with Crippen molar-refractivity contribution in [1.82, 2.24) is 15.0 Å². The zero-order chi connectivity index (χ0) is 20.3. The SMILES string of the molecule is COC(=O)c1cc(-c2csc(NC(=O)c3cnc(OC(C)C)c(Cl)c3)n2)c[nH]1. The first-order chi connectivity index (χ1) is 13.4. The second-order valence-electron chi connectivity index (χ2n) is 5.96. The van der Waals surface area contributed by atoms with Gasteiger partial charge in [0, 0.05) is 23.3 Å². The summed E-state index contributed by atoms with van der Waals surface area (Å²) in [6.07, 6.45) is 2.96. The molecule has 0 aliphatic carbocycles. The van der Waals surface area contributed by atoms with Gasteiger partial charge in [-0.15, -0.1) is 11.3 Å². The molecule has 0 spiro atoms. The maximum atomic E-state index is 12.4. The lowest BCUT2D eigenvalue weighted by molar-refractivity contribution is 0.0594. The predicted molar refractivity (Wildman–Crippen MR) is 106 cm³/mol. The summed E-state index contributed by atoms with van der Waals surface area (Å²) < 4.78 is 10.1. The van der Waals surface area contributed by atoms with E-state index in [-0.39, 0.29) is 22.6 Å². The van der Waals surface area contributed by atoms with Crippen LogP contribution in [0.2, 0.25) is 5.02 Å². The highest BCUT2D eigenvalue weighted by Crippen LogP contribution is 2.27. The van der Waals surface area contributed by atoms with Gasteiger partial charge in [-0.05, 0) is 26.0 Å². The maximum absolute atomic E-state index is 12.4. The van der Waals surface area contributed by atoms with Crippen LogP contribution in [-0.2, 0) is 4.74 Å². The number of carbonyl (C=O) groups is 2. The summed E-state index contributed by atoms with van der Waals surface area (Å²) in [5.41, 5.74) is 1.92. The Balaban J connectivity index is 1.71. The van der Waals surface area contributed by atoms with Gasteiger partial charge in [-0.3, -0.25) is 10.1 Å². The largest absolute Gasteiger partial charge is 0.474 e. The van der Waals surface area contributed by atoms with Gasteiger partial charge in [-0.1, -0.05) is 11.6 Å². The Labute approximate surface area is 169 Å². The summed E-state index contributed by atoms with van der Waals surface area (Å²) in [5, 5.41) is 5.13. The first-order valence-electron chi connectivity index (χ1n) is 8.23. The van der Waals surface area contributed by atoms with Gasteiger partial charge < -0.3 is 14.5 Å². The number of thiazole rings is 1. The van der Waals surface area contributed by atoms with E-state index >= 15 is 0 Å². The highest BCUT2D eigenvalue weighted by molar-refractivity contribution is 7.14. The molecule has 3 aromatic rings. The van der Waals surface area contributed by atoms with E-state index in [2.05, 4.69) is 25.0 Å². The molecule has 0 unspecified atom stereocenters. The number of halogens is 1. The third kappa shape index (κ3) is 4.49. The van der Waals surface area contributed by atoms with Crippen LogP contribution in [0.3, 0.4) is 0 Å². The quantitative estimate of drug-likeness (QED) is 0.583. The third-order valence-electron chi connectivity index (χ3n) is 3.53. The number of aromatic amines is 1. The van der Waals surface area contributed by atoms with Crippen molar-refractivity contribution in [2.75, 3.05) is 12.4 Å². The average Bonchev–Trinajstić information content (AvgIpc) is 3.31. The Bertz CT molecular complexity index is 1010. The molecule has 0 fully saturated rings. The van der Waals surface area contributed by atoms with E-state index < -0.39 is 11.9 Å². The lowest BCUT2D eigenvalue weighted by Gasteiger charge is -2.10. The Morgan fingerprint density at radius 2 is 2.11 bits per heavy atom. The Kier molecular flexibility index (Phi) is 5.96. The van der Waals surface area contributed by atoms with E-state index in [4.69, 9.17) is 16.3 Å². The third-order valence-corrected chi connectivity index (χ3v) is 4.55. The molecule has 3 heterocycles. The van der Waals surface area contributed by atoms with Crippen LogP contribution < -0.4 is 10.1 Å². The summed E-state index contributed by atoms with van der Waals surface area (Å²) in [5.74, 6) is -0.585. The first-order valence-corrected chi connectivity index (χ1v) is 9.49. The average molecular weight is 421 g/mol. The second kappa shape index (κ2) is 8.41. The Hall–Kier alpha value is -2.91. The van der Waals surface area contributed by atoms with Gasteiger partial charge in [0.15, 0.2) is 5.13 Å². The Morgan fingerprint density at radius 1 is 1.32 bits per heavy atom. The van der Waals surface area contributed by atoms with E-state index in [1.807, 2.05) is 13.8 Å². The monoisotopic (exact) mass is 420 g/mol. The summed E-state index contributed by atoms with van der Waals surface area (Å²) in [4.78, 5) is 35.2. The highest BCUT2D eigenvalue weighted by Gasteiger charge is 2.15. The number of hydrogen-bond acceptors (Lipinski definition) is 7. The minimum absolute atomic E-state index is 0.0773. The van der Waals surface area contributed by atoms with Crippen molar-refractivity contribution in [2.24, 2.45) is 0 Å². The predicted octanol–water partition coefficient (Wildman–Crippen LogP) is 4.01. The minimum atomic E-state index is -0.468. The number of nitrogens with one attached hydrogen (secondary N) is 2. The van der Waals surface area contributed by atoms with E-state index in [9.17, 15) is 9.59 Å². The van der Waals surface area contributed by atoms with Gasteiger partial charge in [-0.2, -0.15) is 0 Å². The maximum Gasteiger partial charge on any atom is 0.354 e. The van der Waals surface area contributed by atoms with Crippen LogP contribution in [0.5, 0.6) is 5.88 Å². The number of anilines is 1. The van der Waals surface area contributed by atoms with Crippen molar-refractivity contribution >= 4 is 39.9 Å². The number of rotatable bonds is 6. The van der Waals surface area contributed by atoms with Crippen LogP contribution in [0.1, 0.15) is 34.7 Å². The molecule has 3 aromatic heterocycles. The minimum Gasteiger partial charge on any atom is -0.474 e. The van der Waals surface area contributed by atoms with Crippen molar-refractivity contribution in [3.8, 4) is 17.1 Å². The first kappa shape index (κ1) is 19.8. The molecule has 2 N–H and O–H groups in total. The summed E-state index contributed by atoms with van der Waals surface area (Å²) >= 11 is 7.38. The molecule has 0 radical (unpaired) electrons. The molecule has 3 rings (SSSR count). The van der Waals surface area contributed by atoms with Gasteiger partial charge >= 0.3 is 5.97 Å². The molecule has 0 atom stereocenters. The zero-order valence-corrected chi connectivity index (χ0v) is 16.9. The molecule has 0 bridgehead atoms. The second-order valence-corrected chi connectivity index (χ2v) is 7.23. The van der Waals surface area contributed by atoms with E-state index in [1.54, 1.807) is 17.6 Å². The summed E-state index contributed by atoms with van der Waals surface area (Å²) in [7, 11) is 1.31. The van der Waals surface area contributed by atoms with E-state index in [0.29, 0.717) is 22.1 Å². The van der Waals surface area contributed by atoms with Crippen molar-refractivity contribution in [2.45, 2.75) is 20.0 Å². The van der Waals surface area contributed by atoms with Crippen molar-refractivity contribution in [3.63, 3.8) is 0 Å². The molecule has 10 heteroatoms. The molecule has 0 aliphatic heterocycles. The fraction of sp³-hybridized carbons (Fsp3) is 0.222. The molecule has 1 amide bonds. The van der Waals surface area contributed by atoms with Crippen molar-refractivity contribution in [1.29, 1.82) is 0 Å². The lowest BCUT2D eigenvalue weighted by Crippen LogP contribution is -2.13. The summed E-state index contributed by atoms with van der Waals surface area (Å²) in [6.45, 7) is 3.72. The smallest absolute Gasteiger partial charge is 0.354 e. The number of aromatic nitrogens is 3. The number of amides is 1. The van der Waals surface area contributed by atoms with Gasteiger partial charge in [0.2, 0.25) is 5.88 Å². The molecule has 0 aliphatic rings. The molecule has 28 heavy (non-hydrogen) atoms. The summed E-state index contributed by atoms with van der Waals surface area (Å²) in [6, 6.07) is 3.12. The number of hydrogen-bond donors (Lipinski definition) is 2. The number of ether oxygens (including phenoxy) is 2. The lowest BCUT2D eigenvalue weighted by atomic mass is 10.2. The Morgan fingerprint density at radius 3 is 2.79 bits per heavy atom. The topological polar surface area (TPSA) is 106 Å². The number of pyridine rings is 1. The highest BCUT2D eigenvalue weighted by atomic mass is 35.5. The van der Waals surface area contributed by atoms with Gasteiger partial charge in [0.05, 0.1) is 24.5 Å².